The third-order valence-electron chi connectivity index (χ3n) is 3.25. The average molecular weight is 479 g/mol. The van der Waals surface area contributed by atoms with Gasteiger partial charge in [0.25, 0.3) is 0 Å². The molecule has 0 aliphatic heterocycles. The van der Waals surface area contributed by atoms with Crippen LogP contribution < -0.4 is 9.62 Å². The van der Waals surface area contributed by atoms with E-state index in [-0.39, 0.29) is 6.54 Å². The third kappa shape index (κ3) is 5.09. The van der Waals surface area contributed by atoms with Gasteiger partial charge in [-0.1, -0.05) is 17.7 Å². The molecule has 24 heavy (non-hydrogen) atoms. The Morgan fingerprint density at radius 1 is 1.25 bits per heavy atom. The predicted molar refractivity (Wildman–Crippen MR) is 106 cm³/mol. The van der Waals surface area contributed by atoms with Crippen LogP contribution in [0.2, 0.25) is 5.02 Å². The van der Waals surface area contributed by atoms with E-state index in [2.05, 4.69) is 27.9 Å². The number of benzene rings is 2. The molecule has 0 atom stereocenters. The van der Waals surface area contributed by atoms with E-state index in [1.165, 1.54) is 6.07 Å². The van der Waals surface area contributed by atoms with Gasteiger partial charge in [-0.15, -0.1) is 0 Å². The van der Waals surface area contributed by atoms with E-state index in [9.17, 15) is 13.2 Å². The van der Waals surface area contributed by atoms with E-state index in [0.29, 0.717) is 16.4 Å². The van der Waals surface area contributed by atoms with Gasteiger partial charge in [0.05, 0.1) is 11.9 Å². The van der Waals surface area contributed by atoms with Crippen molar-refractivity contribution < 1.29 is 13.2 Å². The summed E-state index contributed by atoms with van der Waals surface area (Å²) in [7, 11) is -3.63. The molecule has 0 radical (unpaired) electrons. The van der Waals surface area contributed by atoms with E-state index < -0.39 is 15.9 Å². The van der Waals surface area contributed by atoms with Crippen molar-refractivity contribution in [3.8, 4) is 0 Å². The number of hydrogen-bond donors (Lipinski definition) is 1. The lowest BCUT2D eigenvalue weighted by atomic mass is 10.2. The van der Waals surface area contributed by atoms with Gasteiger partial charge in [-0.05, 0) is 71.5 Å². The maximum absolute atomic E-state index is 12.3. The molecule has 2 rings (SSSR count). The molecule has 0 bridgehead atoms. The van der Waals surface area contributed by atoms with Gasteiger partial charge in [0.1, 0.15) is 6.54 Å². The van der Waals surface area contributed by atoms with E-state index >= 15 is 0 Å². The number of aryl methyl sites for hydroxylation is 1. The quantitative estimate of drug-likeness (QED) is 0.667. The third-order valence-corrected chi connectivity index (χ3v) is 5.29. The highest BCUT2D eigenvalue weighted by atomic mass is 127. The number of carbonyl (C=O) groups is 1. The molecule has 0 spiro atoms. The van der Waals surface area contributed by atoms with Crippen LogP contribution in [0.25, 0.3) is 0 Å². The van der Waals surface area contributed by atoms with Crippen LogP contribution >= 0.6 is 34.2 Å². The Balaban J connectivity index is 2.22. The summed E-state index contributed by atoms with van der Waals surface area (Å²) in [4.78, 5) is 12.3. The zero-order valence-electron chi connectivity index (χ0n) is 13.1. The van der Waals surface area contributed by atoms with E-state index in [1.54, 1.807) is 24.3 Å². The summed E-state index contributed by atoms with van der Waals surface area (Å²) < 4.78 is 26.2. The first-order valence-electron chi connectivity index (χ1n) is 6.96. The van der Waals surface area contributed by atoms with E-state index in [0.717, 1.165) is 19.7 Å². The number of anilines is 2. The Bertz CT molecular complexity index is 871. The zero-order chi connectivity index (χ0) is 17.9. The number of hydrogen-bond acceptors (Lipinski definition) is 3. The molecule has 2 aromatic carbocycles. The van der Waals surface area contributed by atoms with Crippen LogP contribution in [0.5, 0.6) is 0 Å². The van der Waals surface area contributed by atoms with Crippen LogP contribution in [-0.2, 0) is 14.8 Å². The molecule has 1 amide bonds. The van der Waals surface area contributed by atoms with Gasteiger partial charge < -0.3 is 5.32 Å². The first-order valence-corrected chi connectivity index (χ1v) is 10.3. The lowest BCUT2D eigenvalue weighted by Crippen LogP contribution is -2.37. The first-order chi connectivity index (χ1) is 11.2. The van der Waals surface area contributed by atoms with Crippen molar-refractivity contribution in [2.75, 3.05) is 22.4 Å². The fraction of sp³-hybridized carbons (Fsp3) is 0.188. The summed E-state index contributed by atoms with van der Waals surface area (Å²) in [6.07, 6.45) is 1.05. The van der Waals surface area contributed by atoms with E-state index in [4.69, 9.17) is 11.6 Å². The number of amides is 1. The second-order valence-corrected chi connectivity index (χ2v) is 8.85. The van der Waals surface area contributed by atoms with Gasteiger partial charge in [0, 0.05) is 14.3 Å². The zero-order valence-corrected chi connectivity index (χ0v) is 16.8. The van der Waals surface area contributed by atoms with Crippen molar-refractivity contribution in [1.82, 2.24) is 0 Å². The second-order valence-electron chi connectivity index (χ2n) is 5.26. The maximum atomic E-state index is 12.3. The largest absolute Gasteiger partial charge is 0.324 e. The summed E-state index contributed by atoms with van der Waals surface area (Å²) in [6.45, 7) is 1.55. The topological polar surface area (TPSA) is 66.5 Å². The number of carbonyl (C=O) groups excluding carboxylic acids is 1. The summed E-state index contributed by atoms with van der Waals surface area (Å²) in [6, 6.07) is 12.0. The highest BCUT2D eigenvalue weighted by Gasteiger charge is 2.21. The summed E-state index contributed by atoms with van der Waals surface area (Å²) in [5.74, 6) is -0.426. The fourth-order valence-electron chi connectivity index (χ4n) is 2.12. The highest BCUT2D eigenvalue weighted by Crippen LogP contribution is 2.22. The van der Waals surface area contributed by atoms with Crippen molar-refractivity contribution in [3.05, 3.63) is 56.6 Å². The van der Waals surface area contributed by atoms with E-state index in [1.807, 2.05) is 19.1 Å². The molecule has 0 heterocycles. The van der Waals surface area contributed by atoms with Gasteiger partial charge in [-0.25, -0.2) is 8.42 Å². The predicted octanol–water partition coefficient (Wildman–Crippen LogP) is 3.66. The molecule has 0 aromatic heterocycles. The minimum absolute atomic E-state index is 0.329. The summed E-state index contributed by atoms with van der Waals surface area (Å²) in [5.41, 5.74) is 1.91. The summed E-state index contributed by atoms with van der Waals surface area (Å²) in [5, 5.41) is 3.14. The van der Waals surface area contributed by atoms with Gasteiger partial charge in [0.2, 0.25) is 15.9 Å². The lowest BCUT2D eigenvalue weighted by Gasteiger charge is -2.22. The van der Waals surface area contributed by atoms with Crippen molar-refractivity contribution >= 4 is 61.5 Å². The summed E-state index contributed by atoms with van der Waals surface area (Å²) >= 11 is 8.10. The molecule has 0 unspecified atom stereocenters. The lowest BCUT2D eigenvalue weighted by molar-refractivity contribution is -0.114. The Morgan fingerprint density at radius 3 is 2.54 bits per heavy atom. The van der Waals surface area contributed by atoms with Gasteiger partial charge in [0.15, 0.2) is 0 Å². The number of rotatable bonds is 5. The number of halogens is 2. The smallest absolute Gasteiger partial charge is 0.245 e. The average Bonchev–Trinajstić information content (AvgIpc) is 2.46. The Hall–Kier alpha value is -1.32. The number of nitrogens with one attached hydrogen (secondary N) is 1. The van der Waals surface area contributed by atoms with Gasteiger partial charge in [-0.3, -0.25) is 9.10 Å². The van der Waals surface area contributed by atoms with Crippen LogP contribution in [0.4, 0.5) is 11.4 Å². The van der Waals surface area contributed by atoms with Gasteiger partial charge in [-0.2, -0.15) is 0 Å². The van der Waals surface area contributed by atoms with Crippen molar-refractivity contribution in [1.29, 1.82) is 0 Å². The Kier molecular flexibility index (Phi) is 6.11. The van der Waals surface area contributed by atoms with Crippen molar-refractivity contribution in [2.24, 2.45) is 0 Å². The Labute approximate surface area is 160 Å². The van der Waals surface area contributed by atoms with Crippen molar-refractivity contribution in [3.63, 3.8) is 0 Å². The maximum Gasteiger partial charge on any atom is 0.245 e. The fourth-order valence-corrected chi connectivity index (χ4v) is 3.80. The molecule has 5 nitrogen and oxygen atoms in total. The standard InChI is InChI=1S/C16H16ClIN2O3S/c1-11-8-13(18)6-7-15(11)19-16(21)10-20(24(2,22)23)14-5-3-4-12(17)9-14/h3-9H,10H2,1-2H3,(H,19,21). The highest BCUT2D eigenvalue weighted by molar-refractivity contribution is 14.1. The molecular weight excluding hydrogens is 463 g/mol. The molecular formula is C16H16ClIN2O3S. The normalized spacial score (nSPS) is 11.2. The monoisotopic (exact) mass is 478 g/mol. The molecule has 0 aliphatic rings. The van der Waals surface area contributed by atoms with Crippen LogP contribution in [0.15, 0.2) is 42.5 Å². The van der Waals surface area contributed by atoms with Crippen molar-refractivity contribution in [2.45, 2.75) is 6.92 Å². The molecule has 1 N–H and O–H groups in total. The molecule has 128 valence electrons. The molecule has 2 aromatic rings. The molecule has 8 heteroatoms. The molecule has 0 aliphatic carbocycles. The molecule has 0 saturated heterocycles. The minimum Gasteiger partial charge on any atom is -0.324 e. The SMILES string of the molecule is Cc1cc(I)ccc1NC(=O)CN(c1cccc(Cl)c1)S(C)(=O)=O. The number of nitrogens with zero attached hydrogens (tertiary/aromatic N) is 1. The first kappa shape index (κ1) is 19.0. The van der Waals surface area contributed by atoms with Crippen LogP contribution in [0, 0.1) is 10.5 Å². The van der Waals surface area contributed by atoms with Crippen LogP contribution in [0.3, 0.4) is 0 Å². The number of sulfonamides is 1. The van der Waals surface area contributed by atoms with Gasteiger partial charge >= 0.3 is 0 Å². The van der Waals surface area contributed by atoms with Crippen LogP contribution in [-0.4, -0.2) is 27.1 Å². The van der Waals surface area contributed by atoms with Crippen LogP contribution in [0.1, 0.15) is 5.56 Å². The minimum atomic E-state index is -3.63. The second kappa shape index (κ2) is 7.71. The molecule has 0 fully saturated rings. The Morgan fingerprint density at radius 2 is 1.96 bits per heavy atom. The molecule has 0 saturated carbocycles.